The number of rotatable bonds is 2. The van der Waals surface area contributed by atoms with Crippen molar-refractivity contribution in [2.24, 2.45) is 0 Å². The van der Waals surface area contributed by atoms with Gasteiger partial charge in [0.15, 0.2) is 0 Å². The molecule has 0 aromatic heterocycles. The van der Waals surface area contributed by atoms with Crippen molar-refractivity contribution in [3.63, 3.8) is 0 Å². The number of hydrogen-bond acceptors (Lipinski definition) is 1. The highest BCUT2D eigenvalue weighted by Gasteiger charge is 2.42. The third-order valence-electron chi connectivity index (χ3n) is 2.83. The average molecular weight is 231 g/mol. The fraction of sp³-hybridized carbons (Fsp3) is 0.143. The highest BCUT2D eigenvalue weighted by molar-refractivity contribution is 6.31. The van der Waals surface area contributed by atoms with Crippen LogP contribution in [0, 0.1) is 0 Å². The fourth-order valence-electron chi connectivity index (χ4n) is 1.95. The molecule has 1 fully saturated rings. The number of ether oxygens (including phenoxy) is 1. The molecule has 0 amide bonds. The maximum atomic E-state index is 6.13. The Bertz CT molecular complexity index is 495. The molecule has 1 saturated heterocycles. The predicted molar refractivity (Wildman–Crippen MR) is 64.5 cm³/mol. The van der Waals surface area contributed by atoms with Gasteiger partial charge in [-0.1, -0.05) is 60.1 Å². The summed E-state index contributed by atoms with van der Waals surface area (Å²) < 4.78 is 5.69. The summed E-state index contributed by atoms with van der Waals surface area (Å²) in [6, 6.07) is 18.1. The Labute approximate surface area is 99.6 Å². The molecule has 2 heteroatoms. The smallest absolute Gasteiger partial charge is 0.115 e. The van der Waals surface area contributed by atoms with Gasteiger partial charge in [-0.05, 0) is 11.6 Å². The van der Waals surface area contributed by atoms with Crippen LogP contribution in [0.3, 0.4) is 0 Å². The molecule has 2 aromatic rings. The lowest BCUT2D eigenvalue weighted by Crippen LogP contribution is -1.85. The average Bonchev–Trinajstić information content (AvgIpc) is 3.11. The molecule has 1 heterocycles. The second-order valence-corrected chi connectivity index (χ2v) is 4.32. The lowest BCUT2D eigenvalue weighted by Gasteiger charge is -1.99. The third-order valence-corrected chi connectivity index (χ3v) is 3.18. The molecule has 2 atom stereocenters. The molecule has 0 N–H and O–H groups in total. The summed E-state index contributed by atoms with van der Waals surface area (Å²) in [5, 5.41) is 0.783. The number of epoxide rings is 1. The minimum absolute atomic E-state index is 0.121. The van der Waals surface area contributed by atoms with Crippen molar-refractivity contribution < 1.29 is 4.74 Å². The van der Waals surface area contributed by atoms with E-state index < -0.39 is 0 Å². The standard InChI is InChI=1S/C14H11ClO/c15-12-9-5-4-8-11(12)14-13(16-14)10-6-2-1-3-7-10/h1-9,13-14H/t13-,14+/m1/s1. The Hall–Kier alpha value is -1.31. The molecule has 0 saturated carbocycles. The van der Waals surface area contributed by atoms with Crippen LogP contribution >= 0.6 is 11.6 Å². The van der Waals surface area contributed by atoms with Crippen molar-refractivity contribution in [1.29, 1.82) is 0 Å². The Kier molecular flexibility index (Phi) is 2.43. The summed E-state index contributed by atoms with van der Waals surface area (Å²) in [5.74, 6) is 0. The normalized spacial score (nSPS) is 23.1. The molecule has 0 unspecified atom stereocenters. The zero-order chi connectivity index (χ0) is 11.0. The minimum Gasteiger partial charge on any atom is -0.359 e. The van der Waals surface area contributed by atoms with E-state index in [0.29, 0.717) is 0 Å². The van der Waals surface area contributed by atoms with E-state index >= 15 is 0 Å². The quantitative estimate of drug-likeness (QED) is 0.706. The maximum Gasteiger partial charge on any atom is 0.115 e. The van der Waals surface area contributed by atoms with Crippen molar-refractivity contribution in [2.45, 2.75) is 12.2 Å². The zero-order valence-electron chi connectivity index (χ0n) is 8.64. The van der Waals surface area contributed by atoms with Gasteiger partial charge in [-0.15, -0.1) is 0 Å². The first-order chi connectivity index (χ1) is 7.86. The van der Waals surface area contributed by atoms with Crippen LogP contribution in [-0.2, 0) is 4.74 Å². The number of benzene rings is 2. The Balaban J connectivity index is 1.85. The van der Waals surface area contributed by atoms with Gasteiger partial charge in [-0.25, -0.2) is 0 Å². The number of hydrogen-bond donors (Lipinski definition) is 0. The summed E-state index contributed by atoms with van der Waals surface area (Å²) in [7, 11) is 0. The summed E-state index contributed by atoms with van der Waals surface area (Å²) in [6.07, 6.45) is 0.289. The second-order valence-electron chi connectivity index (χ2n) is 3.91. The summed E-state index contributed by atoms with van der Waals surface area (Å²) in [4.78, 5) is 0. The van der Waals surface area contributed by atoms with Crippen LogP contribution in [0.15, 0.2) is 54.6 Å². The van der Waals surface area contributed by atoms with Crippen LogP contribution < -0.4 is 0 Å². The minimum atomic E-state index is 0.121. The van der Waals surface area contributed by atoms with Gasteiger partial charge in [0.25, 0.3) is 0 Å². The molecule has 0 aliphatic carbocycles. The van der Waals surface area contributed by atoms with Gasteiger partial charge in [-0.2, -0.15) is 0 Å². The van der Waals surface area contributed by atoms with Crippen LogP contribution in [0.25, 0.3) is 0 Å². The molecule has 0 radical (unpaired) electrons. The van der Waals surface area contributed by atoms with Gasteiger partial charge in [-0.3, -0.25) is 0 Å². The van der Waals surface area contributed by atoms with Crippen LogP contribution in [0.5, 0.6) is 0 Å². The fourth-order valence-corrected chi connectivity index (χ4v) is 2.19. The molecule has 1 nitrogen and oxygen atoms in total. The first-order valence-corrected chi connectivity index (χ1v) is 5.69. The summed E-state index contributed by atoms with van der Waals surface area (Å²) in [5.41, 5.74) is 2.30. The van der Waals surface area contributed by atoms with E-state index in [2.05, 4.69) is 12.1 Å². The van der Waals surface area contributed by atoms with Crippen molar-refractivity contribution in [3.8, 4) is 0 Å². The molecular formula is C14H11ClO. The van der Waals surface area contributed by atoms with E-state index in [1.165, 1.54) is 5.56 Å². The third kappa shape index (κ3) is 1.73. The van der Waals surface area contributed by atoms with Gasteiger partial charge in [0.05, 0.1) is 0 Å². The maximum absolute atomic E-state index is 6.13. The Morgan fingerprint density at radius 2 is 1.50 bits per heavy atom. The van der Waals surface area contributed by atoms with Crippen LogP contribution in [0.4, 0.5) is 0 Å². The SMILES string of the molecule is Clc1ccccc1[C@@H]1O[C@@H]1c1ccccc1. The van der Waals surface area contributed by atoms with E-state index in [-0.39, 0.29) is 12.2 Å². The number of halogens is 1. The van der Waals surface area contributed by atoms with Crippen molar-refractivity contribution in [3.05, 3.63) is 70.7 Å². The molecule has 3 rings (SSSR count). The van der Waals surface area contributed by atoms with E-state index in [9.17, 15) is 0 Å². The predicted octanol–water partition coefficient (Wildman–Crippen LogP) is 4.15. The molecule has 1 aliphatic heterocycles. The molecule has 2 aromatic carbocycles. The van der Waals surface area contributed by atoms with E-state index in [0.717, 1.165) is 10.6 Å². The molecule has 0 bridgehead atoms. The van der Waals surface area contributed by atoms with Crippen molar-refractivity contribution >= 4 is 11.6 Å². The highest BCUT2D eigenvalue weighted by atomic mass is 35.5. The van der Waals surface area contributed by atoms with Gasteiger partial charge < -0.3 is 4.74 Å². The van der Waals surface area contributed by atoms with E-state index in [4.69, 9.17) is 16.3 Å². The monoisotopic (exact) mass is 230 g/mol. The Morgan fingerprint density at radius 1 is 0.812 bits per heavy atom. The molecule has 0 spiro atoms. The topological polar surface area (TPSA) is 12.5 Å². The van der Waals surface area contributed by atoms with Gasteiger partial charge in [0.1, 0.15) is 12.2 Å². The van der Waals surface area contributed by atoms with Gasteiger partial charge in [0, 0.05) is 10.6 Å². The van der Waals surface area contributed by atoms with Crippen LogP contribution in [0.1, 0.15) is 23.3 Å². The first kappa shape index (κ1) is 9.88. The summed E-state index contributed by atoms with van der Waals surface area (Å²) >= 11 is 6.13. The van der Waals surface area contributed by atoms with E-state index in [1.54, 1.807) is 0 Å². The van der Waals surface area contributed by atoms with Gasteiger partial charge in [0.2, 0.25) is 0 Å². The first-order valence-electron chi connectivity index (χ1n) is 5.31. The second kappa shape index (κ2) is 3.93. The molecule has 16 heavy (non-hydrogen) atoms. The zero-order valence-corrected chi connectivity index (χ0v) is 9.39. The summed E-state index contributed by atoms with van der Waals surface area (Å²) in [6.45, 7) is 0. The lowest BCUT2D eigenvalue weighted by molar-refractivity contribution is 0.378. The van der Waals surface area contributed by atoms with E-state index in [1.807, 2.05) is 42.5 Å². The largest absolute Gasteiger partial charge is 0.359 e. The van der Waals surface area contributed by atoms with Crippen molar-refractivity contribution in [2.75, 3.05) is 0 Å². The molecular weight excluding hydrogens is 220 g/mol. The Morgan fingerprint density at radius 3 is 2.25 bits per heavy atom. The van der Waals surface area contributed by atoms with Crippen molar-refractivity contribution in [1.82, 2.24) is 0 Å². The van der Waals surface area contributed by atoms with Gasteiger partial charge >= 0.3 is 0 Å². The molecule has 1 aliphatic rings. The molecule has 80 valence electrons. The lowest BCUT2D eigenvalue weighted by atomic mass is 10.0. The van der Waals surface area contributed by atoms with Crippen LogP contribution in [0.2, 0.25) is 5.02 Å². The van der Waals surface area contributed by atoms with Crippen LogP contribution in [-0.4, -0.2) is 0 Å². The highest BCUT2D eigenvalue weighted by Crippen LogP contribution is 2.52.